The highest BCUT2D eigenvalue weighted by atomic mass is 16.4. The highest BCUT2D eigenvalue weighted by Gasteiger charge is 2.38. The molecule has 0 aliphatic carbocycles. The lowest BCUT2D eigenvalue weighted by atomic mass is 10.0. The first-order valence-corrected chi connectivity index (χ1v) is 13.3. The number of likely N-dealkylation sites (tertiary alicyclic amines) is 1. The van der Waals surface area contributed by atoms with Crippen LogP contribution >= 0.6 is 0 Å². The summed E-state index contributed by atoms with van der Waals surface area (Å²) in [6.07, 6.45) is 4.90. The van der Waals surface area contributed by atoms with Crippen LogP contribution in [-0.2, 0) is 36.8 Å². The van der Waals surface area contributed by atoms with Crippen LogP contribution in [0.4, 0.5) is 0 Å². The van der Waals surface area contributed by atoms with Crippen molar-refractivity contribution in [2.24, 2.45) is 5.73 Å². The molecule has 8 N–H and O–H groups in total. The first-order chi connectivity index (χ1) is 19.6. The van der Waals surface area contributed by atoms with E-state index < -0.39 is 60.2 Å². The molecule has 0 spiro atoms. The summed E-state index contributed by atoms with van der Waals surface area (Å²) in [6.45, 7) is 0.301. The molecule has 41 heavy (non-hydrogen) atoms. The molecule has 0 radical (unpaired) electrons. The lowest BCUT2D eigenvalue weighted by Crippen LogP contribution is -2.57. The third-order valence-corrected chi connectivity index (χ3v) is 7.14. The summed E-state index contributed by atoms with van der Waals surface area (Å²) in [5, 5.41) is 24.6. The van der Waals surface area contributed by atoms with Gasteiger partial charge in [0.15, 0.2) is 0 Å². The molecule has 4 unspecified atom stereocenters. The zero-order chi connectivity index (χ0) is 29.5. The van der Waals surface area contributed by atoms with Crippen LogP contribution in [0.3, 0.4) is 0 Å². The molecule has 3 heterocycles. The first kappa shape index (κ1) is 29.3. The number of imidazole rings is 1. The molecule has 14 nitrogen and oxygen atoms in total. The number of aromatic amines is 2. The second-order valence-electron chi connectivity index (χ2n) is 10.0. The van der Waals surface area contributed by atoms with Crippen molar-refractivity contribution in [2.75, 3.05) is 6.54 Å². The van der Waals surface area contributed by atoms with Gasteiger partial charge in [-0.3, -0.25) is 19.2 Å². The maximum absolute atomic E-state index is 13.3. The van der Waals surface area contributed by atoms with Gasteiger partial charge in [-0.25, -0.2) is 9.78 Å². The molecule has 4 rings (SSSR count). The Morgan fingerprint density at radius 2 is 1.85 bits per heavy atom. The van der Waals surface area contributed by atoms with Crippen molar-refractivity contribution in [3.8, 4) is 0 Å². The predicted molar refractivity (Wildman–Crippen MR) is 145 cm³/mol. The summed E-state index contributed by atoms with van der Waals surface area (Å²) in [4.78, 5) is 73.8. The molecule has 3 aromatic rings. The lowest BCUT2D eigenvalue weighted by molar-refractivity contribution is -0.143. The number of carboxylic acid groups (broad SMARTS) is 2. The van der Waals surface area contributed by atoms with Crippen molar-refractivity contribution in [1.29, 1.82) is 0 Å². The van der Waals surface area contributed by atoms with Gasteiger partial charge >= 0.3 is 11.9 Å². The number of fused-ring (bicyclic) bond motifs is 1. The number of nitrogens with zero attached hydrogens (tertiary/aromatic N) is 2. The van der Waals surface area contributed by atoms with E-state index in [2.05, 4.69) is 25.6 Å². The first-order valence-electron chi connectivity index (χ1n) is 13.3. The number of hydrogen-bond donors (Lipinski definition) is 7. The van der Waals surface area contributed by atoms with Crippen LogP contribution < -0.4 is 16.4 Å². The Hall–Kier alpha value is -4.72. The molecular weight excluding hydrogens is 534 g/mol. The summed E-state index contributed by atoms with van der Waals surface area (Å²) in [6, 6.07) is 3.13. The van der Waals surface area contributed by atoms with Crippen LogP contribution in [0, 0.1) is 0 Å². The van der Waals surface area contributed by atoms with Gasteiger partial charge in [0.05, 0.1) is 12.4 Å². The normalized spacial score (nSPS) is 17.1. The van der Waals surface area contributed by atoms with E-state index in [0.29, 0.717) is 25.1 Å². The Morgan fingerprint density at radius 1 is 1.07 bits per heavy atom. The number of benzene rings is 1. The van der Waals surface area contributed by atoms with E-state index >= 15 is 0 Å². The van der Waals surface area contributed by atoms with Crippen molar-refractivity contribution in [3.63, 3.8) is 0 Å². The summed E-state index contributed by atoms with van der Waals surface area (Å²) < 4.78 is 0. The number of H-pyrrole nitrogens is 2. The van der Waals surface area contributed by atoms with Crippen LogP contribution in [0.2, 0.25) is 0 Å². The van der Waals surface area contributed by atoms with Crippen molar-refractivity contribution in [3.05, 3.63) is 54.2 Å². The van der Waals surface area contributed by atoms with Crippen LogP contribution in [0.15, 0.2) is 43.0 Å². The minimum atomic E-state index is -1.35. The fourth-order valence-corrected chi connectivity index (χ4v) is 5.03. The number of carboxylic acids is 2. The predicted octanol–water partition coefficient (Wildman–Crippen LogP) is -0.0865. The molecule has 3 amide bonds. The number of aliphatic carboxylic acids is 2. The van der Waals surface area contributed by atoms with Crippen molar-refractivity contribution in [1.82, 2.24) is 30.5 Å². The highest BCUT2D eigenvalue weighted by Crippen LogP contribution is 2.22. The Morgan fingerprint density at radius 3 is 2.56 bits per heavy atom. The molecule has 218 valence electrons. The standard InChI is InChI=1S/C27H33N7O7/c28-18(10-15-12-30-19-5-2-1-4-17(15)19)26(39)34-9-3-6-22(34)25(38)32-20(7-8-23(35)36)24(37)33-21(27(40)41)11-16-13-29-14-31-16/h1-2,4-5,12-14,18,20-22,30H,3,6-11,28H2,(H,29,31)(H,32,38)(H,33,37)(H,35,36)(H,40,41). The van der Waals surface area contributed by atoms with Crippen molar-refractivity contribution in [2.45, 2.75) is 62.7 Å². The number of nitrogens with two attached hydrogens (primary N) is 1. The maximum atomic E-state index is 13.3. The zero-order valence-electron chi connectivity index (χ0n) is 22.2. The van der Waals surface area contributed by atoms with E-state index in [1.54, 1.807) is 6.20 Å². The number of aromatic nitrogens is 3. The molecule has 1 saturated heterocycles. The monoisotopic (exact) mass is 567 g/mol. The minimum absolute atomic E-state index is 0.0973. The molecule has 14 heteroatoms. The van der Waals surface area contributed by atoms with Crippen molar-refractivity contribution < 1.29 is 34.2 Å². The summed E-state index contributed by atoms with van der Waals surface area (Å²) in [5.41, 5.74) is 8.54. The number of carbonyl (C=O) groups is 5. The summed E-state index contributed by atoms with van der Waals surface area (Å²) in [7, 11) is 0. The van der Waals surface area contributed by atoms with Gasteiger partial charge in [-0.1, -0.05) is 18.2 Å². The molecule has 1 aliphatic rings. The topological polar surface area (TPSA) is 224 Å². The number of rotatable bonds is 13. The number of carbonyl (C=O) groups excluding carboxylic acids is 3. The van der Waals surface area contributed by atoms with Crippen LogP contribution in [0.5, 0.6) is 0 Å². The SMILES string of the molecule is NC(Cc1c[nH]c2ccccc12)C(=O)N1CCCC1C(=O)NC(CCC(=O)O)C(=O)NC(Cc1cnc[nH]1)C(=O)O. The van der Waals surface area contributed by atoms with E-state index in [9.17, 15) is 29.1 Å². The lowest BCUT2D eigenvalue weighted by Gasteiger charge is -2.28. The Kier molecular flexibility index (Phi) is 9.34. The number of hydrogen-bond acceptors (Lipinski definition) is 7. The fraction of sp³-hybridized carbons (Fsp3) is 0.407. The molecule has 2 aromatic heterocycles. The zero-order valence-corrected chi connectivity index (χ0v) is 22.2. The van der Waals surface area contributed by atoms with Gasteiger partial charge in [0.1, 0.15) is 18.1 Å². The van der Waals surface area contributed by atoms with E-state index in [1.807, 2.05) is 24.3 Å². The van der Waals surface area contributed by atoms with Gasteiger partial charge in [0.2, 0.25) is 17.7 Å². The molecule has 0 bridgehead atoms. The molecule has 4 atom stereocenters. The summed E-state index contributed by atoms with van der Waals surface area (Å²) >= 11 is 0. The maximum Gasteiger partial charge on any atom is 0.326 e. The van der Waals surface area contributed by atoms with Crippen molar-refractivity contribution >= 4 is 40.6 Å². The largest absolute Gasteiger partial charge is 0.481 e. The van der Waals surface area contributed by atoms with Gasteiger partial charge in [-0.2, -0.15) is 0 Å². The molecular formula is C27H33N7O7. The van der Waals surface area contributed by atoms with E-state index in [4.69, 9.17) is 10.8 Å². The van der Waals surface area contributed by atoms with Gasteiger partial charge in [-0.05, 0) is 37.3 Å². The minimum Gasteiger partial charge on any atom is -0.481 e. The number of nitrogens with one attached hydrogen (secondary N) is 4. The molecule has 1 fully saturated rings. The van der Waals surface area contributed by atoms with Gasteiger partial charge in [0, 0.05) is 48.4 Å². The van der Waals surface area contributed by atoms with Gasteiger partial charge in [0.25, 0.3) is 0 Å². The number of para-hydroxylation sites is 1. The Bertz CT molecular complexity index is 1400. The van der Waals surface area contributed by atoms with E-state index in [-0.39, 0.29) is 19.3 Å². The molecule has 1 aromatic carbocycles. The average Bonchev–Trinajstić information content (AvgIpc) is 3.71. The average molecular weight is 568 g/mol. The summed E-state index contributed by atoms with van der Waals surface area (Å²) in [5.74, 6) is -4.40. The molecule has 1 aliphatic heterocycles. The second kappa shape index (κ2) is 13.1. The Labute approximate surface area is 234 Å². The van der Waals surface area contributed by atoms with E-state index in [0.717, 1.165) is 16.5 Å². The second-order valence-corrected chi connectivity index (χ2v) is 10.0. The smallest absolute Gasteiger partial charge is 0.326 e. The third-order valence-electron chi connectivity index (χ3n) is 7.14. The fourth-order valence-electron chi connectivity index (χ4n) is 5.03. The van der Waals surface area contributed by atoms with Crippen LogP contribution in [-0.4, -0.2) is 90.4 Å². The van der Waals surface area contributed by atoms with Crippen LogP contribution in [0.25, 0.3) is 10.9 Å². The number of amides is 3. The highest BCUT2D eigenvalue weighted by molar-refractivity contribution is 5.95. The molecule has 0 saturated carbocycles. The van der Waals surface area contributed by atoms with Gasteiger partial charge < -0.3 is 41.4 Å². The van der Waals surface area contributed by atoms with Crippen LogP contribution in [0.1, 0.15) is 36.9 Å². The quantitative estimate of drug-likeness (QED) is 0.146. The Balaban J connectivity index is 1.42. The third kappa shape index (κ3) is 7.28. The van der Waals surface area contributed by atoms with E-state index in [1.165, 1.54) is 17.4 Å². The van der Waals surface area contributed by atoms with Gasteiger partial charge in [-0.15, -0.1) is 0 Å².